The summed E-state index contributed by atoms with van der Waals surface area (Å²) in [4.78, 5) is 15.8. The Morgan fingerprint density at radius 2 is 2.13 bits per heavy atom. The second kappa shape index (κ2) is 11.5. The Labute approximate surface area is 149 Å². The first-order valence-electron chi connectivity index (χ1n) is 7.23. The molecule has 23 heavy (non-hydrogen) atoms. The van der Waals surface area contributed by atoms with Crippen molar-refractivity contribution in [2.75, 3.05) is 40.0 Å². The van der Waals surface area contributed by atoms with Gasteiger partial charge in [-0.3, -0.25) is 9.78 Å². The van der Waals surface area contributed by atoms with Gasteiger partial charge in [0.05, 0.1) is 12.8 Å². The van der Waals surface area contributed by atoms with Crippen molar-refractivity contribution < 1.29 is 14.3 Å². The molecule has 132 valence electrons. The molecule has 2 rings (SSSR count). The molecule has 1 saturated heterocycles. The fourth-order valence-electron chi connectivity index (χ4n) is 2.55. The summed E-state index contributed by atoms with van der Waals surface area (Å²) in [5.41, 5.74) is 0.0317. The lowest BCUT2D eigenvalue weighted by Gasteiger charge is -2.37. The molecular weight excluding hydrogens is 341 g/mol. The zero-order valence-corrected chi connectivity index (χ0v) is 14.9. The number of hydrogen-bond donors (Lipinski definition) is 2. The molecule has 1 aliphatic rings. The van der Waals surface area contributed by atoms with E-state index >= 15 is 0 Å². The van der Waals surface area contributed by atoms with E-state index in [1.54, 1.807) is 31.6 Å². The number of hydrogen-bond acceptors (Lipinski definition) is 5. The Balaban J connectivity index is 0.00000242. The first-order valence-corrected chi connectivity index (χ1v) is 7.23. The second-order valence-electron chi connectivity index (χ2n) is 5.44. The minimum absolute atomic E-state index is 0. The molecule has 8 heteroatoms. The molecule has 0 saturated carbocycles. The van der Waals surface area contributed by atoms with Crippen molar-refractivity contribution in [1.82, 2.24) is 15.6 Å². The molecule has 1 aliphatic heterocycles. The Morgan fingerprint density at radius 3 is 2.74 bits per heavy atom. The van der Waals surface area contributed by atoms with Gasteiger partial charge in [0.1, 0.15) is 5.75 Å². The van der Waals surface area contributed by atoms with Crippen LogP contribution in [-0.2, 0) is 9.53 Å². The highest BCUT2D eigenvalue weighted by molar-refractivity contribution is 5.85. The molecule has 0 aliphatic carbocycles. The van der Waals surface area contributed by atoms with Gasteiger partial charge >= 0.3 is 0 Å². The summed E-state index contributed by atoms with van der Waals surface area (Å²) < 4.78 is 10.7. The summed E-state index contributed by atoms with van der Waals surface area (Å²) in [5.74, 6) is 0.481. The van der Waals surface area contributed by atoms with Crippen LogP contribution in [0.3, 0.4) is 0 Å². The van der Waals surface area contributed by atoms with Crippen LogP contribution >= 0.6 is 24.8 Å². The quantitative estimate of drug-likeness (QED) is 0.764. The normalized spacial score (nSPS) is 15.7. The number of amides is 1. The third-order valence-corrected chi connectivity index (χ3v) is 3.78. The van der Waals surface area contributed by atoms with Gasteiger partial charge in [0.15, 0.2) is 6.61 Å². The number of methoxy groups -OCH3 is 1. The monoisotopic (exact) mass is 365 g/mol. The largest absolute Gasteiger partial charge is 0.482 e. The Morgan fingerprint density at radius 1 is 1.39 bits per heavy atom. The number of piperidine rings is 1. The van der Waals surface area contributed by atoms with Crippen molar-refractivity contribution in [1.29, 1.82) is 0 Å². The maximum Gasteiger partial charge on any atom is 0.257 e. The van der Waals surface area contributed by atoms with E-state index in [-0.39, 0.29) is 42.7 Å². The Bertz CT molecular complexity index is 437. The molecule has 6 nitrogen and oxygen atoms in total. The Kier molecular flexibility index (Phi) is 10.9. The van der Waals surface area contributed by atoms with E-state index in [2.05, 4.69) is 15.6 Å². The number of aromatic nitrogens is 1. The van der Waals surface area contributed by atoms with E-state index < -0.39 is 0 Å². The number of pyridine rings is 1. The molecular formula is C15H25Cl2N3O3. The summed E-state index contributed by atoms with van der Waals surface area (Å²) in [6.45, 7) is 3.22. The van der Waals surface area contributed by atoms with Gasteiger partial charge in [0.25, 0.3) is 5.91 Å². The highest BCUT2D eigenvalue weighted by atomic mass is 35.5. The zero-order valence-electron chi connectivity index (χ0n) is 13.2. The topological polar surface area (TPSA) is 72.5 Å². The lowest BCUT2D eigenvalue weighted by Crippen LogP contribution is -2.47. The van der Waals surface area contributed by atoms with Crippen molar-refractivity contribution in [3.05, 3.63) is 24.5 Å². The van der Waals surface area contributed by atoms with Gasteiger partial charge < -0.3 is 20.1 Å². The van der Waals surface area contributed by atoms with Crippen molar-refractivity contribution in [3.63, 3.8) is 0 Å². The van der Waals surface area contributed by atoms with Crippen molar-refractivity contribution in [3.8, 4) is 5.75 Å². The van der Waals surface area contributed by atoms with Crippen LogP contribution in [0.15, 0.2) is 24.5 Å². The predicted octanol–water partition coefficient (Wildman–Crippen LogP) is 1.44. The van der Waals surface area contributed by atoms with Gasteiger partial charge in [-0.05, 0) is 38.1 Å². The molecule has 0 unspecified atom stereocenters. The van der Waals surface area contributed by atoms with E-state index in [9.17, 15) is 4.79 Å². The number of carbonyl (C=O) groups excluding carboxylic acids is 1. The molecule has 0 bridgehead atoms. The third kappa shape index (κ3) is 7.35. The third-order valence-electron chi connectivity index (χ3n) is 3.78. The van der Waals surface area contributed by atoms with Gasteiger partial charge in [-0.1, -0.05) is 0 Å². The first-order chi connectivity index (χ1) is 10.2. The molecule has 0 aromatic carbocycles. The SMILES string of the molecule is COCC1(CNC(=O)COc2cccnc2)CCNCC1.Cl.Cl. The van der Waals surface area contributed by atoms with Gasteiger partial charge in [-0.15, -0.1) is 24.8 Å². The second-order valence-corrected chi connectivity index (χ2v) is 5.44. The number of rotatable bonds is 7. The van der Waals surface area contributed by atoms with Gasteiger partial charge in [0.2, 0.25) is 0 Å². The van der Waals surface area contributed by atoms with Crippen LogP contribution in [0.2, 0.25) is 0 Å². The van der Waals surface area contributed by atoms with E-state index in [4.69, 9.17) is 9.47 Å². The Hall–Kier alpha value is -1.08. The lowest BCUT2D eigenvalue weighted by atomic mass is 9.79. The van der Waals surface area contributed by atoms with E-state index in [1.807, 2.05) is 0 Å². The molecule has 0 atom stereocenters. The minimum atomic E-state index is -0.118. The lowest BCUT2D eigenvalue weighted by molar-refractivity contribution is -0.124. The fraction of sp³-hybridized carbons (Fsp3) is 0.600. The molecule has 2 N–H and O–H groups in total. The van der Waals surface area contributed by atoms with Crippen molar-refractivity contribution in [2.24, 2.45) is 5.41 Å². The standard InChI is InChI=1S/C15H23N3O3.2ClH/c1-20-12-15(4-7-16-8-5-15)11-18-14(19)10-21-13-3-2-6-17-9-13;;/h2-3,6,9,16H,4-5,7-8,10-12H2,1H3,(H,18,19);2*1H. The number of halogens is 2. The number of carbonyl (C=O) groups is 1. The molecule has 0 radical (unpaired) electrons. The number of nitrogens with one attached hydrogen (secondary N) is 2. The minimum Gasteiger partial charge on any atom is -0.482 e. The molecule has 1 amide bonds. The number of ether oxygens (including phenoxy) is 2. The van der Waals surface area contributed by atoms with Crippen LogP contribution < -0.4 is 15.4 Å². The highest BCUT2D eigenvalue weighted by Gasteiger charge is 2.32. The summed E-state index contributed by atoms with van der Waals surface area (Å²) in [6, 6.07) is 3.55. The molecule has 0 spiro atoms. The van der Waals surface area contributed by atoms with Crippen LogP contribution in [0.4, 0.5) is 0 Å². The molecule has 1 aromatic heterocycles. The first kappa shape index (κ1) is 21.9. The molecule has 1 aromatic rings. The van der Waals surface area contributed by atoms with E-state index in [1.165, 1.54) is 0 Å². The molecule has 2 heterocycles. The van der Waals surface area contributed by atoms with Crippen molar-refractivity contribution in [2.45, 2.75) is 12.8 Å². The van der Waals surface area contributed by atoms with Gasteiger partial charge in [-0.2, -0.15) is 0 Å². The van der Waals surface area contributed by atoms with Crippen LogP contribution in [-0.4, -0.2) is 50.8 Å². The average Bonchev–Trinajstić information content (AvgIpc) is 2.53. The van der Waals surface area contributed by atoms with Crippen LogP contribution in [0.25, 0.3) is 0 Å². The summed E-state index contributed by atoms with van der Waals surface area (Å²) in [5, 5.41) is 6.29. The maximum absolute atomic E-state index is 11.9. The fourth-order valence-corrected chi connectivity index (χ4v) is 2.55. The highest BCUT2D eigenvalue weighted by Crippen LogP contribution is 2.28. The zero-order chi connectivity index (χ0) is 15.0. The average molecular weight is 366 g/mol. The molecule has 1 fully saturated rings. The van der Waals surface area contributed by atoms with Crippen LogP contribution in [0, 0.1) is 5.41 Å². The van der Waals surface area contributed by atoms with Gasteiger partial charge in [0, 0.05) is 25.3 Å². The van der Waals surface area contributed by atoms with Crippen LogP contribution in [0.5, 0.6) is 5.75 Å². The maximum atomic E-state index is 11.9. The van der Waals surface area contributed by atoms with Crippen LogP contribution in [0.1, 0.15) is 12.8 Å². The van der Waals surface area contributed by atoms with Gasteiger partial charge in [-0.25, -0.2) is 0 Å². The summed E-state index contributed by atoms with van der Waals surface area (Å²) in [6.07, 6.45) is 5.26. The predicted molar refractivity (Wildman–Crippen MR) is 93.7 cm³/mol. The van der Waals surface area contributed by atoms with E-state index in [0.29, 0.717) is 18.9 Å². The van der Waals surface area contributed by atoms with E-state index in [0.717, 1.165) is 25.9 Å². The summed E-state index contributed by atoms with van der Waals surface area (Å²) >= 11 is 0. The number of nitrogens with zero attached hydrogens (tertiary/aromatic N) is 1. The summed E-state index contributed by atoms with van der Waals surface area (Å²) in [7, 11) is 1.71. The smallest absolute Gasteiger partial charge is 0.257 e. The van der Waals surface area contributed by atoms with Crippen molar-refractivity contribution >= 4 is 30.7 Å².